The molecule has 0 N–H and O–H groups in total. The van der Waals surface area contributed by atoms with Crippen LogP contribution in [-0.2, 0) is 16.6 Å². The van der Waals surface area contributed by atoms with Crippen molar-refractivity contribution in [3.05, 3.63) is 10.7 Å². The topological polar surface area (TPSA) is 84.7 Å². The fraction of sp³-hybridized carbons (Fsp3) is 0.692. The third-order valence-electron chi connectivity index (χ3n) is 3.98. The molecule has 1 aromatic heterocycles. The average Bonchev–Trinajstić information content (AvgIpc) is 3.10. The van der Waals surface area contributed by atoms with E-state index in [1.165, 1.54) is 4.31 Å². The van der Waals surface area contributed by atoms with Gasteiger partial charge in [-0.2, -0.15) is 9.40 Å². The van der Waals surface area contributed by atoms with Gasteiger partial charge in [0.15, 0.2) is 5.69 Å². The van der Waals surface area contributed by atoms with Crippen molar-refractivity contribution in [1.82, 2.24) is 19.0 Å². The molecule has 10 heteroatoms. The van der Waals surface area contributed by atoms with Crippen LogP contribution in [0, 0.1) is 0 Å². The summed E-state index contributed by atoms with van der Waals surface area (Å²) in [5.41, 5.74) is 0.172. The third-order valence-corrected chi connectivity index (χ3v) is 6.39. The maximum absolute atomic E-state index is 12.6. The predicted molar refractivity (Wildman–Crippen MR) is 84.3 cm³/mol. The maximum Gasteiger partial charge on any atom is 0.276 e. The van der Waals surface area contributed by atoms with Crippen LogP contribution in [0.3, 0.4) is 0 Å². The van der Waals surface area contributed by atoms with Gasteiger partial charge in [0, 0.05) is 26.2 Å². The van der Waals surface area contributed by atoms with Crippen LogP contribution in [0.1, 0.15) is 23.8 Å². The molecule has 23 heavy (non-hydrogen) atoms. The number of sulfonamides is 1. The number of aromatic nitrogens is 2. The second-order valence-corrected chi connectivity index (χ2v) is 8.01. The van der Waals surface area contributed by atoms with Gasteiger partial charge in [0.05, 0.1) is 12.3 Å². The number of carbonyl (C=O) groups excluding carboxylic acids is 1. The number of hydrogen-bond donors (Lipinski definition) is 0. The molecular weight excluding hydrogens is 344 g/mol. The Morgan fingerprint density at radius 3 is 2.57 bits per heavy atom. The normalized spacial score (nSPS) is 18.8. The van der Waals surface area contributed by atoms with Crippen molar-refractivity contribution in [3.8, 4) is 5.88 Å². The van der Waals surface area contributed by atoms with Crippen molar-refractivity contribution in [2.24, 2.45) is 0 Å². The summed E-state index contributed by atoms with van der Waals surface area (Å²) >= 11 is 6.16. The quantitative estimate of drug-likeness (QED) is 0.775. The van der Waals surface area contributed by atoms with E-state index in [1.54, 1.807) is 9.58 Å². The highest BCUT2D eigenvalue weighted by molar-refractivity contribution is 7.89. The summed E-state index contributed by atoms with van der Waals surface area (Å²) in [6.07, 6.45) is 0.581. The van der Waals surface area contributed by atoms with Crippen molar-refractivity contribution in [3.63, 3.8) is 0 Å². The van der Waals surface area contributed by atoms with Crippen LogP contribution in [0.15, 0.2) is 0 Å². The largest absolute Gasteiger partial charge is 0.475 e. The summed E-state index contributed by atoms with van der Waals surface area (Å²) in [7, 11) is -3.22. The summed E-state index contributed by atoms with van der Waals surface area (Å²) in [5, 5.41) is 4.43. The molecule has 0 unspecified atom stereocenters. The van der Waals surface area contributed by atoms with Gasteiger partial charge in [0.25, 0.3) is 5.91 Å². The molecule has 1 amide bonds. The van der Waals surface area contributed by atoms with E-state index in [-0.39, 0.29) is 22.4 Å². The van der Waals surface area contributed by atoms with Gasteiger partial charge in [-0.25, -0.2) is 13.1 Å². The monoisotopic (exact) mass is 362 g/mol. The number of amides is 1. The van der Waals surface area contributed by atoms with Gasteiger partial charge in [-0.3, -0.25) is 4.79 Å². The van der Waals surface area contributed by atoms with Gasteiger partial charge in [-0.15, -0.1) is 0 Å². The second kappa shape index (κ2) is 6.29. The lowest BCUT2D eigenvalue weighted by atomic mass is 10.3. The van der Waals surface area contributed by atoms with E-state index in [1.807, 2.05) is 6.92 Å². The van der Waals surface area contributed by atoms with Crippen molar-refractivity contribution < 1.29 is 17.9 Å². The van der Waals surface area contributed by atoms with Gasteiger partial charge < -0.3 is 9.64 Å². The van der Waals surface area contributed by atoms with Crippen LogP contribution in [0.4, 0.5) is 0 Å². The van der Waals surface area contributed by atoms with Crippen LogP contribution < -0.4 is 4.74 Å². The number of halogens is 1. The molecular formula is C13H19ClN4O4S. The van der Waals surface area contributed by atoms with Crippen LogP contribution in [0.5, 0.6) is 5.88 Å². The lowest BCUT2D eigenvalue weighted by molar-refractivity contribution is 0.0691. The number of nitrogens with zero attached hydrogens (tertiary/aromatic N) is 4. The van der Waals surface area contributed by atoms with Gasteiger partial charge in [-0.05, 0) is 6.42 Å². The Balaban J connectivity index is 1.67. The standard InChI is InChI=1S/C13H19ClN4O4S/c1-2-9-23(20,21)17-5-3-16(4-6-17)12(19)11-10(14)13-18(15-11)7-8-22-13/h2-9H2,1H3. The number of rotatable bonds is 4. The van der Waals surface area contributed by atoms with E-state index < -0.39 is 10.0 Å². The van der Waals surface area contributed by atoms with E-state index in [4.69, 9.17) is 16.3 Å². The van der Waals surface area contributed by atoms with E-state index in [2.05, 4.69) is 5.10 Å². The smallest absolute Gasteiger partial charge is 0.276 e. The number of ether oxygens (including phenoxy) is 1. The Labute approximate surface area is 140 Å². The molecule has 0 saturated carbocycles. The molecule has 1 fully saturated rings. The Kier molecular flexibility index (Phi) is 4.52. The van der Waals surface area contributed by atoms with Crippen LogP contribution in [0.2, 0.25) is 5.02 Å². The average molecular weight is 363 g/mol. The van der Waals surface area contributed by atoms with Crippen molar-refractivity contribution in [2.45, 2.75) is 19.9 Å². The fourth-order valence-corrected chi connectivity index (χ4v) is 4.55. The first-order chi connectivity index (χ1) is 10.9. The van der Waals surface area contributed by atoms with Crippen LogP contribution in [0.25, 0.3) is 0 Å². The molecule has 1 saturated heterocycles. The van der Waals surface area contributed by atoms with Gasteiger partial charge in [0.1, 0.15) is 11.6 Å². The zero-order valence-corrected chi connectivity index (χ0v) is 14.4. The minimum atomic E-state index is -3.22. The molecule has 3 rings (SSSR count). The zero-order valence-electron chi connectivity index (χ0n) is 12.9. The van der Waals surface area contributed by atoms with E-state index >= 15 is 0 Å². The molecule has 0 aliphatic carbocycles. The molecule has 2 aliphatic rings. The highest BCUT2D eigenvalue weighted by atomic mass is 35.5. The number of hydrogen-bond acceptors (Lipinski definition) is 5. The fourth-order valence-electron chi connectivity index (χ4n) is 2.79. The predicted octanol–water partition coefficient (Wildman–Crippen LogP) is 0.426. The Morgan fingerprint density at radius 2 is 1.96 bits per heavy atom. The summed E-state index contributed by atoms with van der Waals surface area (Å²) < 4.78 is 32.5. The number of piperazine rings is 1. The van der Waals surface area contributed by atoms with Crippen molar-refractivity contribution in [2.75, 3.05) is 38.5 Å². The van der Waals surface area contributed by atoms with E-state index in [9.17, 15) is 13.2 Å². The summed E-state index contributed by atoms with van der Waals surface area (Å²) in [6, 6.07) is 0. The van der Waals surface area contributed by atoms with Crippen molar-refractivity contribution in [1.29, 1.82) is 0 Å². The molecule has 0 aromatic carbocycles. The minimum Gasteiger partial charge on any atom is -0.475 e. The van der Waals surface area contributed by atoms with Crippen LogP contribution in [-0.4, -0.2) is 71.8 Å². The van der Waals surface area contributed by atoms with Crippen molar-refractivity contribution >= 4 is 27.5 Å². The van der Waals surface area contributed by atoms with Gasteiger partial charge in [0.2, 0.25) is 15.9 Å². The maximum atomic E-state index is 12.6. The first-order valence-electron chi connectivity index (χ1n) is 7.60. The Bertz CT molecular complexity index is 710. The third kappa shape index (κ3) is 3.05. The summed E-state index contributed by atoms with van der Waals surface area (Å²) in [4.78, 5) is 14.1. The highest BCUT2D eigenvalue weighted by Gasteiger charge is 2.32. The first kappa shape index (κ1) is 16.5. The Hall–Kier alpha value is -1.32. The molecule has 0 radical (unpaired) electrons. The lowest BCUT2D eigenvalue weighted by Crippen LogP contribution is -2.51. The molecule has 1 aromatic rings. The molecule has 8 nitrogen and oxygen atoms in total. The van der Waals surface area contributed by atoms with Gasteiger partial charge >= 0.3 is 0 Å². The lowest BCUT2D eigenvalue weighted by Gasteiger charge is -2.33. The van der Waals surface area contributed by atoms with Gasteiger partial charge in [-0.1, -0.05) is 18.5 Å². The zero-order chi connectivity index (χ0) is 16.6. The summed E-state index contributed by atoms with van der Waals surface area (Å²) in [5.74, 6) is 0.282. The Morgan fingerprint density at radius 1 is 1.26 bits per heavy atom. The molecule has 3 heterocycles. The van der Waals surface area contributed by atoms with E-state index in [0.29, 0.717) is 51.6 Å². The molecule has 0 spiro atoms. The molecule has 128 valence electrons. The number of carbonyl (C=O) groups is 1. The molecule has 2 aliphatic heterocycles. The minimum absolute atomic E-state index is 0.137. The second-order valence-electron chi connectivity index (χ2n) is 5.55. The van der Waals surface area contributed by atoms with E-state index in [0.717, 1.165) is 0 Å². The first-order valence-corrected chi connectivity index (χ1v) is 9.59. The number of fused-ring (bicyclic) bond motifs is 1. The summed E-state index contributed by atoms with van der Waals surface area (Å²) in [6.45, 7) is 4.18. The van der Waals surface area contributed by atoms with Crippen LogP contribution >= 0.6 is 11.6 Å². The molecule has 0 atom stereocenters. The highest BCUT2D eigenvalue weighted by Crippen LogP contribution is 2.32. The molecule has 0 bridgehead atoms. The SMILES string of the molecule is CCCS(=O)(=O)N1CCN(C(=O)c2nn3c(c2Cl)OCC3)CC1.